The number of aryl methyl sites for hydroxylation is 1. The molecule has 0 spiro atoms. The van der Waals surface area contributed by atoms with Crippen molar-refractivity contribution in [2.24, 2.45) is 0 Å². The molecule has 1 heterocycles. The van der Waals surface area contributed by atoms with Crippen LogP contribution in [0.3, 0.4) is 0 Å². The Bertz CT molecular complexity index is 634. The molecule has 0 saturated heterocycles. The third-order valence-electron chi connectivity index (χ3n) is 3.33. The lowest BCUT2D eigenvalue weighted by Crippen LogP contribution is -2.03. The minimum atomic E-state index is 0.109. The van der Waals surface area contributed by atoms with Crippen LogP contribution in [0.4, 0.5) is 0 Å². The highest BCUT2D eigenvalue weighted by molar-refractivity contribution is 6.31. The van der Waals surface area contributed by atoms with E-state index < -0.39 is 0 Å². The predicted molar refractivity (Wildman–Crippen MR) is 68.8 cm³/mol. The average molecular weight is 246 g/mol. The van der Waals surface area contributed by atoms with Crippen molar-refractivity contribution in [3.8, 4) is 0 Å². The van der Waals surface area contributed by atoms with E-state index in [0.717, 1.165) is 47.0 Å². The molecule has 1 aromatic carbocycles. The number of benzene rings is 1. The Morgan fingerprint density at radius 3 is 2.94 bits per heavy atom. The molecule has 0 aliphatic heterocycles. The molecule has 3 rings (SSSR count). The van der Waals surface area contributed by atoms with Gasteiger partial charge in [-0.25, -0.2) is 0 Å². The quantitative estimate of drug-likeness (QED) is 0.719. The molecule has 1 aliphatic carbocycles. The van der Waals surface area contributed by atoms with Crippen molar-refractivity contribution in [2.75, 3.05) is 0 Å². The van der Waals surface area contributed by atoms with E-state index in [9.17, 15) is 4.79 Å². The normalized spacial score (nSPS) is 14.0. The van der Waals surface area contributed by atoms with E-state index in [1.165, 1.54) is 0 Å². The molecule has 0 radical (unpaired) electrons. The topological polar surface area (TPSA) is 30.0 Å². The third-order valence-corrected chi connectivity index (χ3v) is 3.56. The van der Waals surface area contributed by atoms with Gasteiger partial charge >= 0.3 is 0 Å². The van der Waals surface area contributed by atoms with E-state index in [1.54, 1.807) is 6.92 Å². The van der Waals surface area contributed by atoms with Crippen LogP contribution in [-0.2, 0) is 12.8 Å². The van der Waals surface area contributed by atoms with E-state index in [-0.39, 0.29) is 5.78 Å². The molecule has 86 valence electrons. The van der Waals surface area contributed by atoms with Gasteiger partial charge in [0.25, 0.3) is 0 Å². The number of hydrogen-bond donors (Lipinski definition) is 0. The molecule has 17 heavy (non-hydrogen) atoms. The molecule has 1 aromatic heterocycles. The zero-order valence-electron chi connectivity index (χ0n) is 9.59. The number of ketones is 1. The number of hydrogen-bond acceptors (Lipinski definition) is 2. The summed E-state index contributed by atoms with van der Waals surface area (Å²) < 4.78 is 0. The van der Waals surface area contributed by atoms with E-state index >= 15 is 0 Å². The number of rotatable bonds is 1. The van der Waals surface area contributed by atoms with Crippen LogP contribution in [0.2, 0.25) is 5.02 Å². The summed E-state index contributed by atoms with van der Waals surface area (Å²) in [7, 11) is 0. The van der Waals surface area contributed by atoms with E-state index in [1.807, 2.05) is 18.2 Å². The summed E-state index contributed by atoms with van der Waals surface area (Å²) in [6, 6.07) is 5.56. The van der Waals surface area contributed by atoms with Crippen LogP contribution < -0.4 is 0 Å². The molecule has 2 nitrogen and oxygen atoms in total. The Balaban J connectivity index is 2.45. The maximum Gasteiger partial charge on any atom is 0.160 e. The lowest BCUT2D eigenvalue weighted by molar-refractivity contribution is 0.101. The minimum Gasteiger partial charge on any atom is -0.294 e. The van der Waals surface area contributed by atoms with Crippen LogP contribution in [-0.4, -0.2) is 10.8 Å². The first-order chi connectivity index (χ1) is 8.16. The summed E-state index contributed by atoms with van der Waals surface area (Å²) in [5.41, 5.74) is 3.92. The lowest BCUT2D eigenvalue weighted by atomic mass is 9.98. The number of carbonyl (C=O) groups is 1. The summed E-state index contributed by atoms with van der Waals surface area (Å²) in [6.07, 6.45) is 3.03. The predicted octanol–water partition coefficient (Wildman–Crippen LogP) is 3.58. The van der Waals surface area contributed by atoms with Gasteiger partial charge in [0, 0.05) is 21.7 Å². The van der Waals surface area contributed by atoms with Crippen molar-refractivity contribution in [2.45, 2.75) is 26.2 Å². The molecule has 0 unspecified atom stereocenters. The fourth-order valence-electron chi connectivity index (χ4n) is 2.64. The molecule has 0 bridgehead atoms. The van der Waals surface area contributed by atoms with E-state index in [0.29, 0.717) is 5.02 Å². The van der Waals surface area contributed by atoms with Crippen LogP contribution in [0.1, 0.15) is 35.0 Å². The largest absolute Gasteiger partial charge is 0.294 e. The Morgan fingerprint density at radius 2 is 2.18 bits per heavy atom. The maximum atomic E-state index is 11.9. The number of halogens is 1. The Kier molecular flexibility index (Phi) is 2.40. The second-order valence-corrected chi connectivity index (χ2v) is 4.92. The smallest absolute Gasteiger partial charge is 0.160 e. The first-order valence-electron chi connectivity index (χ1n) is 5.79. The second kappa shape index (κ2) is 3.81. The van der Waals surface area contributed by atoms with Crippen molar-refractivity contribution in [1.29, 1.82) is 0 Å². The lowest BCUT2D eigenvalue weighted by Gasteiger charge is -2.09. The van der Waals surface area contributed by atoms with Gasteiger partial charge in [-0.15, -0.1) is 0 Å². The summed E-state index contributed by atoms with van der Waals surface area (Å²) in [5, 5.41) is 1.55. The highest BCUT2D eigenvalue weighted by Crippen LogP contribution is 2.31. The van der Waals surface area contributed by atoms with E-state index in [4.69, 9.17) is 11.6 Å². The Morgan fingerprint density at radius 1 is 1.35 bits per heavy atom. The van der Waals surface area contributed by atoms with Gasteiger partial charge in [-0.1, -0.05) is 11.6 Å². The molecule has 2 aromatic rings. The third kappa shape index (κ3) is 1.64. The van der Waals surface area contributed by atoms with Crippen molar-refractivity contribution >= 4 is 28.3 Å². The van der Waals surface area contributed by atoms with Crippen LogP contribution in [0.25, 0.3) is 10.9 Å². The van der Waals surface area contributed by atoms with Gasteiger partial charge in [0.1, 0.15) is 0 Å². The average Bonchev–Trinajstić information content (AvgIpc) is 2.72. The fourth-order valence-corrected chi connectivity index (χ4v) is 2.81. The summed E-state index contributed by atoms with van der Waals surface area (Å²) in [4.78, 5) is 16.5. The van der Waals surface area contributed by atoms with Gasteiger partial charge in [-0.3, -0.25) is 9.78 Å². The summed E-state index contributed by atoms with van der Waals surface area (Å²) in [5.74, 6) is 0.109. The van der Waals surface area contributed by atoms with Gasteiger partial charge in [-0.05, 0) is 49.9 Å². The number of carbonyl (C=O) groups excluding carboxylic acids is 1. The van der Waals surface area contributed by atoms with Gasteiger partial charge < -0.3 is 0 Å². The van der Waals surface area contributed by atoms with Crippen molar-refractivity contribution in [3.05, 3.63) is 40.0 Å². The Hall–Kier alpha value is -1.41. The summed E-state index contributed by atoms with van der Waals surface area (Å²) >= 11 is 6.01. The van der Waals surface area contributed by atoms with Crippen LogP contribution in [0, 0.1) is 0 Å². The van der Waals surface area contributed by atoms with Gasteiger partial charge in [-0.2, -0.15) is 0 Å². The van der Waals surface area contributed by atoms with Crippen LogP contribution in [0.5, 0.6) is 0 Å². The number of pyridine rings is 1. The van der Waals surface area contributed by atoms with Crippen molar-refractivity contribution in [1.82, 2.24) is 4.98 Å². The van der Waals surface area contributed by atoms with Gasteiger partial charge in [0.15, 0.2) is 5.78 Å². The summed E-state index contributed by atoms with van der Waals surface area (Å²) in [6.45, 7) is 1.62. The number of fused-ring (bicyclic) bond motifs is 2. The molecule has 0 saturated carbocycles. The van der Waals surface area contributed by atoms with Crippen molar-refractivity contribution < 1.29 is 4.79 Å². The second-order valence-electron chi connectivity index (χ2n) is 4.48. The Labute approximate surface area is 105 Å². The first kappa shape index (κ1) is 10.7. The molecule has 1 aliphatic rings. The molecular formula is C14H12ClNO. The minimum absolute atomic E-state index is 0.109. The van der Waals surface area contributed by atoms with Gasteiger partial charge in [0.2, 0.25) is 0 Å². The molecule has 0 atom stereocenters. The molecule has 0 amide bonds. The molecule has 0 fully saturated rings. The zero-order chi connectivity index (χ0) is 12.0. The SMILES string of the molecule is CC(=O)c1c2c(nc3ccc(Cl)cc13)CCC2. The number of nitrogens with zero attached hydrogens (tertiary/aromatic N) is 1. The van der Waals surface area contributed by atoms with Crippen LogP contribution in [0.15, 0.2) is 18.2 Å². The van der Waals surface area contributed by atoms with Crippen molar-refractivity contribution in [3.63, 3.8) is 0 Å². The molecular weight excluding hydrogens is 234 g/mol. The molecule has 0 N–H and O–H groups in total. The van der Waals surface area contributed by atoms with Crippen LogP contribution >= 0.6 is 11.6 Å². The standard InChI is InChI=1S/C14H12ClNO/c1-8(17)14-10-3-2-4-12(10)16-13-6-5-9(15)7-11(13)14/h5-7H,2-4H2,1H3. The van der Waals surface area contributed by atoms with Gasteiger partial charge in [0.05, 0.1) is 5.52 Å². The van der Waals surface area contributed by atoms with E-state index in [2.05, 4.69) is 4.98 Å². The highest BCUT2D eigenvalue weighted by Gasteiger charge is 2.21. The highest BCUT2D eigenvalue weighted by atomic mass is 35.5. The number of aromatic nitrogens is 1. The number of Topliss-reactive ketones (excluding diaryl/α,β-unsaturated/α-hetero) is 1. The fraction of sp³-hybridized carbons (Fsp3) is 0.286. The molecule has 3 heteroatoms. The monoisotopic (exact) mass is 245 g/mol. The first-order valence-corrected chi connectivity index (χ1v) is 6.16. The zero-order valence-corrected chi connectivity index (χ0v) is 10.3. The maximum absolute atomic E-state index is 11.9.